The van der Waals surface area contributed by atoms with Crippen molar-refractivity contribution in [2.75, 3.05) is 31.7 Å². The molecule has 0 spiro atoms. The van der Waals surface area contributed by atoms with E-state index in [1.807, 2.05) is 19.9 Å². The second kappa shape index (κ2) is 6.17. The fraction of sp³-hybridized carbons (Fsp3) is 0.533. The molecule has 0 radical (unpaired) electrons. The van der Waals surface area contributed by atoms with Crippen molar-refractivity contribution in [2.24, 2.45) is 0 Å². The fourth-order valence-electron chi connectivity index (χ4n) is 2.52. The highest BCUT2D eigenvalue weighted by atomic mass is 16.5. The van der Waals surface area contributed by atoms with Gasteiger partial charge in [-0.2, -0.15) is 0 Å². The maximum Gasteiger partial charge on any atom is 0.134 e. The number of aliphatic hydroxyl groups is 1. The third-order valence-corrected chi connectivity index (χ3v) is 3.54. The van der Waals surface area contributed by atoms with Gasteiger partial charge in [-0.3, -0.25) is 0 Å². The van der Waals surface area contributed by atoms with Crippen LogP contribution >= 0.6 is 0 Å². The zero-order valence-electron chi connectivity index (χ0n) is 11.9. The van der Waals surface area contributed by atoms with Crippen LogP contribution in [-0.2, 0) is 11.3 Å². The Balaban J connectivity index is 2.24. The maximum absolute atomic E-state index is 9.55. The Morgan fingerprint density at radius 1 is 1.42 bits per heavy atom. The van der Waals surface area contributed by atoms with Crippen molar-refractivity contribution < 1.29 is 9.84 Å². The zero-order chi connectivity index (χ0) is 13.8. The molecule has 4 heteroatoms. The highest BCUT2D eigenvalue weighted by molar-refractivity contribution is 5.52. The van der Waals surface area contributed by atoms with E-state index >= 15 is 0 Å². The molecule has 0 aromatic carbocycles. The average molecular weight is 262 g/mol. The molecule has 0 saturated heterocycles. The summed E-state index contributed by atoms with van der Waals surface area (Å²) in [4.78, 5) is 6.83. The second-order valence-corrected chi connectivity index (χ2v) is 5.03. The van der Waals surface area contributed by atoms with E-state index in [0.717, 1.165) is 42.1 Å². The lowest BCUT2D eigenvalue weighted by atomic mass is 10.1. The minimum absolute atomic E-state index is 0.0413. The Labute approximate surface area is 114 Å². The van der Waals surface area contributed by atoms with Gasteiger partial charge in [0, 0.05) is 31.5 Å². The Kier molecular flexibility index (Phi) is 4.56. The van der Waals surface area contributed by atoms with Crippen LogP contribution in [0.4, 0.5) is 5.82 Å². The van der Waals surface area contributed by atoms with Crippen molar-refractivity contribution in [2.45, 2.75) is 26.9 Å². The van der Waals surface area contributed by atoms with Gasteiger partial charge in [-0.15, -0.1) is 0 Å². The molecule has 2 rings (SSSR count). The molecule has 1 aliphatic rings. The summed E-state index contributed by atoms with van der Waals surface area (Å²) in [6, 6.07) is 2.02. The van der Waals surface area contributed by atoms with Gasteiger partial charge in [0.25, 0.3) is 0 Å². The van der Waals surface area contributed by atoms with Crippen molar-refractivity contribution in [1.82, 2.24) is 4.98 Å². The van der Waals surface area contributed by atoms with Crippen LogP contribution in [0, 0.1) is 13.8 Å². The molecule has 4 nitrogen and oxygen atoms in total. The Bertz CT molecular complexity index is 483. The number of ether oxygens (including phenoxy) is 1. The Morgan fingerprint density at radius 2 is 2.21 bits per heavy atom. The van der Waals surface area contributed by atoms with Gasteiger partial charge in [-0.25, -0.2) is 4.98 Å². The van der Waals surface area contributed by atoms with Gasteiger partial charge in [0.1, 0.15) is 5.82 Å². The fourth-order valence-corrected chi connectivity index (χ4v) is 2.52. The molecule has 1 aromatic heterocycles. The predicted octanol–water partition coefficient (Wildman–Crippen LogP) is 1.97. The van der Waals surface area contributed by atoms with Crippen LogP contribution in [0.25, 0.3) is 0 Å². The van der Waals surface area contributed by atoms with Crippen LogP contribution in [0.5, 0.6) is 0 Å². The van der Waals surface area contributed by atoms with Crippen LogP contribution in [0.1, 0.15) is 23.2 Å². The molecule has 1 aliphatic heterocycles. The van der Waals surface area contributed by atoms with Crippen LogP contribution < -0.4 is 4.90 Å². The largest absolute Gasteiger partial charge is 0.392 e. The molecule has 2 heterocycles. The average Bonchev–Trinajstić information content (AvgIpc) is 2.39. The first-order valence-electron chi connectivity index (χ1n) is 6.65. The smallest absolute Gasteiger partial charge is 0.134 e. The number of methoxy groups -OCH3 is 1. The maximum atomic E-state index is 9.55. The van der Waals surface area contributed by atoms with Crippen molar-refractivity contribution >= 4 is 5.82 Å². The van der Waals surface area contributed by atoms with Crippen LogP contribution in [0.2, 0.25) is 0 Å². The lowest BCUT2D eigenvalue weighted by molar-refractivity contribution is 0.222. The van der Waals surface area contributed by atoms with Gasteiger partial charge < -0.3 is 14.7 Å². The molecular formula is C15H22N2O2. The summed E-state index contributed by atoms with van der Waals surface area (Å²) in [6.45, 7) is 6.54. The lowest BCUT2D eigenvalue weighted by Gasteiger charge is -2.29. The summed E-state index contributed by atoms with van der Waals surface area (Å²) in [7, 11) is 1.72. The predicted molar refractivity (Wildman–Crippen MR) is 76.4 cm³/mol. The second-order valence-electron chi connectivity index (χ2n) is 5.03. The first-order chi connectivity index (χ1) is 9.15. The van der Waals surface area contributed by atoms with Gasteiger partial charge in [0.05, 0.1) is 13.2 Å². The molecule has 0 aliphatic carbocycles. The van der Waals surface area contributed by atoms with Gasteiger partial charge >= 0.3 is 0 Å². The van der Waals surface area contributed by atoms with Gasteiger partial charge in [0.2, 0.25) is 0 Å². The first kappa shape index (κ1) is 14.0. The van der Waals surface area contributed by atoms with Crippen molar-refractivity contribution in [3.05, 3.63) is 34.5 Å². The molecule has 0 amide bonds. The first-order valence-corrected chi connectivity index (χ1v) is 6.65. The third-order valence-electron chi connectivity index (χ3n) is 3.54. The topological polar surface area (TPSA) is 45.6 Å². The summed E-state index contributed by atoms with van der Waals surface area (Å²) in [5.41, 5.74) is 4.39. The number of aromatic nitrogens is 1. The van der Waals surface area contributed by atoms with E-state index in [-0.39, 0.29) is 6.61 Å². The SMILES string of the molecule is COCC1=CCN(c2nc(C)cc(C)c2CO)CC1. The summed E-state index contributed by atoms with van der Waals surface area (Å²) in [5.74, 6) is 0.924. The normalized spacial score (nSPS) is 15.6. The number of hydrogen-bond acceptors (Lipinski definition) is 4. The molecule has 0 bridgehead atoms. The van der Waals surface area contributed by atoms with Crippen molar-refractivity contribution in [3.63, 3.8) is 0 Å². The van der Waals surface area contributed by atoms with E-state index in [9.17, 15) is 5.11 Å². The lowest BCUT2D eigenvalue weighted by Crippen LogP contribution is -2.31. The van der Waals surface area contributed by atoms with E-state index in [1.165, 1.54) is 5.57 Å². The minimum Gasteiger partial charge on any atom is -0.392 e. The van der Waals surface area contributed by atoms with Crippen molar-refractivity contribution in [3.8, 4) is 0 Å². The van der Waals surface area contributed by atoms with E-state index in [1.54, 1.807) is 7.11 Å². The third kappa shape index (κ3) is 3.14. The summed E-state index contributed by atoms with van der Waals surface area (Å²) < 4.78 is 5.16. The van der Waals surface area contributed by atoms with Gasteiger partial charge in [-0.05, 0) is 37.5 Å². The molecule has 19 heavy (non-hydrogen) atoms. The molecule has 104 valence electrons. The van der Waals surface area contributed by atoms with Crippen LogP contribution in [-0.4, -0.2) is 36.9 Å². The quantitative estimate of drug-likeness (QED) is 0.843. The standard InChI is InChI=1S/C15H22N2O2/c1-11-8-12(2)16-15(14(11)9-18)17-6-4-13(5-7-17)10-19-3/h4,8,18H,5-7,9-10H2,1-3H3. The van der Waals surface area contributed by atoms with E-state index in [0.29, 0.717) is 6.61 Å². The minimum atomic E-state index is 0.0413. The number of pyridine rings is 1. The summed E-state index contributed by atoms with van der Waals surface area (Å²) in [5, 5.41) is 9.55. The van der Waals surface area contributed by atoms with E-state index in [4.69, 9.17) is 4.74 Å². The highest BCUT2D eigenvalue weighted by Crippen LogP contribution is 2.25. The number of rotatable bonds is 4. The molecule has 1 N–H and O–H groups in total. The van der Waals surface area contributed by atoms with Gasteiger partial charge in [-0.1, -0.05) is 6.08 Å². The molecule has 0 atom stereocenters. The van der Waals surface area contributed by atoms with Crippen LogP contribution in [0.3, 0.4) is 0 Å². The monoisotopic (exact) mass is 262 g/mol. The zero-order valence-corrected chi connectivity index (χ0v) is 11.9. The highest BCUT2D eigenvalue weighted by Gasteiger charge is 2.18. The summed E-state index contributed by atoms with van der Waals surface area (Å²) >= 11 is 0. The molecule has 0 fully saturated rings. The number of hydrogen-bond donors (Lipinski definition) is 1. The molecule has 0 saturated carbocycles. The number of nitrogens with zero attached hydrogens (tertiary/aromatic N) is 2. The summed E-state index contributed by atoms with van der Waals surface area (Å²) in [6.07, 6.45) is 3.20. The van der Waals surface area contributed by atoms with Gasteiger partial charge in [0.15, 0.2) is 0 Å². The molecular weight excluding hydrogens is 240 g/mol. The Morgan fingerprint density at radius 3 is 2.79 bits per heavy atom. The molecule has 1 aromatic rings. The Hall–Kier alpha value is -1.39. The number of anilines is 1. The number of aryl methyl sites for hydroxylation is 2. The van der Waals surface area contributed by atoms with Crippen LogP contribution in [0.15, 0.2) is 17.7 Å². The molecule has 0 unspecified atom stereocenters. The van der Waals surface area contributed by atoms with E-state index < -0.39 is 0 Å². The van der Waals surface area contributed by atoms with E-state index in [2.05, 4.69) is 16.0 Å². The number of aliphatic hydroxyl groups excluding tert-OH is 1. The van der Waals surface area contributed by atoms with Crippen molar-refractivity contribution in [1.29, 1.82) is 0 Å².